The molecule has 0 amide bonds. The summed E-state index contributed by atoms with van der Waals surface area (Å²) in [7, 11) is 0. The van der Waals surface area contributed by atoms with Gasteiger partial charge < -0.3 is 5.11 Å². The standard InChI is InChI=1S/C3HCl2I3O2/c4-2(5,1(9)10)3(6,7)8/h(H,9,10). The first kappa shape index (κ1) is 12.2. The number of carboxylic acids is 1. The Bertz CT molecular complexity index is 152. The van der Waals surface area contributed by atoms with E-state index >= 15 is 0 Å². The van der Waals surface area contributed by atoms with Gasteiger partial charge in [-0.25, -0.2) is 4.79 Å². The van der Waals surface area contributed by atoms with Gasteiger partial charge in [-0.3, -0.25) is 0 Å². The molecule has 0 saturated heterocycles. The Kier molecular flexibility index (Phi) is 4.85. The average Bonchev–Trinajstić information content (AvgIpc) is 1.62. The van der Waals surface area contributed by atoms with E-state index in [0.717, 1.165) is 0 Å². The molecule has 0 heterocycles. The van der Waals surface area contributed by atoms with E-state index in [1.54, 1.807) is 0 Å². The van der Waals surface area contributed by atoms with Crippen molar-refractivity contribution in [2.75, 3.05) is 0 Å². The van der Waals surface area contributed by atoms with Gasteiger partial charge in [0.05, 0.1) is 0 Å². The summed E-state index contributed by atoms with van der Waals surface area (Å²) in [6.07, 6.45) is 0. The van der Waals surface area contributed by atoms with E-state index in [0.29, 0.717) is 0 Å². The Morgan fingerprint density at radius 2 is 1.60 bits per heavy atom. The molecule has 0 aromatic carbocycles. The highest BCUT2D eigenvalue weighted by atomic mass is 127. The van der Waals surface area contributed by atoms with Crippen molar-refractivity contribution in [3.63, 3.8) is 0 Å². The Morgan fingerprint density at radius 1 is 1.30 bits per heavy atom. The van der Waals surface area contributed by atoms with Crippen LogP contribution in [0.3, 0.4) is 0 Å². The van der Waals surface area contributed by atoms with Crippen LogP contribution in [-0.2, 0) is 4.79 Å². The zero-order valence-electron chi connectivity index (χ0n) is 4.25. The summed E-state index contributed by atoms with van der Waals surface area (Å²) in [6, 6.07) is 0. The zero-order valence-corrected chi connectivity index (χ0v) is 12.2. The molecule has 0 unspecified atom stereocenters. The maximum Gasteiger partial charge on any atom is 0.343 e. The molecular formula is C3HCl2I3O2. The van der Waals surface area contributed by atoms with Crippen LogP contribution < -0.4 is 0 Å². The normalized spacial score (nSPS) is 13.3. The number of hydrogen-bond acceptors (Lipinski definition) is 1. The minimum absolute atomic E-state index is 0.741. The predicted molar refractivity (Wildman–Crippen MR) is 66.9 cm³/mol. The maximum atomic E-state index is 10.4. The molecule has 0 spiro atoms. The van der Waals surface area contributed by atoms with Gasteiger partial charge in [0.1, 0.15) is 0 Å². The molecule has 0 saturated carbocycles. The molecule has 0 radical (unpaired) electrons. The highest BCUT2D eigenvalue weighted by molar-refractivity contribution is 14.3. The van der Waals surface area contributed by atoms with Crippen LogP contribution in [0.5, 0.6) is 0 Å². The van der Waals surface area contributed by atoms with Gasteiger partial charge in [0, 0.05) is 0 Å². The number of rotatable bonds is 2. The SMILES string of the molecule is O=C(O)C(Cl)(Cl)C(I)(I)I. The van der Waals surface area contributed by atoms with E-state index in [2.05, 4.69) is 0 Å². The molecule has 1 N–H and O–H groups in total. The molecule has 7 heteroatoms. The zero-order chi connectivity index (χ0) is 8.58. The van der Waals surface area contributed by atoms with Crippen molar-refractivity contribution in [1.29, 1.82) is 0 Å². The lowest BCUT2D eigenvalue weighted by molar-refractivity contribution is -0.137. The van der Waals surface area contributed by atoms with Crippen molar-refractivity contribution in [3.8, 4) is 0 Å². The van der Waals surface area contributed by atoms with Crippen LogP contribution in [0, 0.1) is 0 Å². The number of halogens is 5. The fourth-order valence-corrected chi connectivity index (χ4v) is 0.813. The first-order chi connectivity index (χ1) is 4.19. The van der Waals surface area contributed by atoms with Gasteiger partial charge >= 0.3 is 5.97 Å². The smallest absolute Gasteiger partial charge is 0.343 e. The van der Waals surface area contributed by atoms with Crippen molar-refractivity contribution in [3.05, 3.63) is 0 Å². The van der Waals surface area contributed by atoms with E-state index in [-0.39, 0.29) is 0 Å². The highest BCUT2D eigenvalue weighted by Crippen LogP contribution is 2.51. The number of carbonyl (C=O) groups is 1. The topological polar surface area (TPSA) is 37.3 Å². The summed E-state index contributed by atoms with van der Waals surface area (Å²) >= 11 is 16.6. The van der Waals surface area contributed by atoms with Gasteiger partial charge in [-0.1, -0.05) is 91.0 Å². The van der Waals surface area contributed by atoms with E-state index < -0.39 is 9.74 Å². The number of aliphatic carboxylic acids is 1. The molecule has 0 bridgehead atoms. The summed E-state index contributed by atoms with van der Waals surface area (Å²) in [5.74, 6) is -1.23. The Morgan fingerprint density at radius 3 is 1.60 bits per heavy atom. The van der Waals surface area contributed by atoms with Crippen LogP contribution in [0.15, 0.2) is 0 Å². The van der Waals surface area contributed by atoms with Crippen LogP contribution in [0.25, 0.3) is 0 Å². The number of hydrogen-bond donors (Lipinski definition) is 1. The Labute approximate surface area is 109 Å². The van der Waals surface area contributed by atoms with E-state index in [1.807, 2.05) is 67.8 Å². The minimum Gasteiger partial charge on any atom is -0.479 e. The summed E-state index contributed by atoms with van der Waals surface area (Å²) in [4.78, 5) is 10.4. The summed E-state index contributed by atoms with van der Waals surface area (Å²) in [6.45, 7) is 0. The lowest BCUT2D eigenvalue weighted by atomic mass is 10.5. The van der Waals surface area contributed by atoms with Gasteiger partial charge in [-0.05, 0) is 0 Å². The fourth-order valence-electron chi connectivity index (χ4n) is 0.121. The van der Waals surface area contributed by atoms with Crippen LogP contribution in [0.2, 0.25) is 0 Å². The predicted octanol–water partition coefficient (Wildman–Crippen LogP) is 3.20. The molecule has 2 nitrogen and oxygen atoms in total. The van der Waals surface area contributed by atoms with Gasteiger partial charge in [0.15, 0.2) is -0.565 Å². The Hall–Kier alpha value is 2.24. The molecule has 0 aliphatic carbocycles. The number of alkyl halides is 5. The molecule has 0 atom stereocenters. The van der Waals surface area contributed by atoms with E-state index in [9.17, 15) is 4.79 Å². The number of carboxylic acid groups (broad SMARTS) is 1. The lowest BCUT2D eigenvalue weighted by Crippen LogP contribution is -2.37. The van der Waals surface area contributed by atoms with Crippen molar-refractivity contribution in [2.45, 2.75) is 3.77 Å². The molecule has 0 fully saturated rings. The van der Waals surface area contributed by atoms with Gasteiger partial charge in [0.2, 0.25) is 4.33 Å². The molecular weight excluding hydrogens is 520 g/mol. The second-order valence-electron chi connectivity index (χ2n) is 1.38. The fraction of sp³-hybridized carbons (Fsp3) is 0.667. The first-order valence-corrected chi connectivity index (χ1v) is 5.86. The highest BCUT2D eigenvalue weighted by Gasteiger charge is 2.50. The van der Waals surface area contributed by atoms with Crippen LogP contribution in [-0.4, -0.2) is 14.8 Å². The summed E-state index contributed by atoms with van der Waals surface area (Å²) in [5, 5.41) is 8.50. The summed E-state index contributed by atoms with van der Waals surface area (Å²) < 4.78 is -2.48. The second-order valence-corrected chi connectivity index (χ2v) is 13.8. The Balaban J connectivity index is 4.57. The molecule has 0 rings (SSSR count). The van der Waals surface area contributed by atoms with Gasteiger partial charge in [0.25, 0.3) is 0 Å². The van der Waals surface area contributed by atoms with Crippen LogP contribution in [0.4, 0.5) is 0 Å². The van der Waals surface area contributed by atoms with Crippen molar-refractivity contribution >= 4 is 96.9 Å². The molecule has 60 valence electrons. The quantitative estimate of drug-likeness (QED) is 0.449. The molecule has 10 heavy (non-hydrogen) atoms. The molecule has 0 aliphatic rings. The third-order valence-corrected chi connectivity index (χ3v) is 5.86. The monoisotopic (exact) mass is 520 g/mol. The second kappa shape index (κ2) is 3.97. The maximum absolute atomic E-state index is 10.4. The molecule has 0 aliphatic heterocycles. The van der Waals surface area contributed by atoms with Crippen molar-refractivity contribution < 1.29 is 9.90 Å². The van der Waals surface area contributed by atoms with Crippen molar-refractivity contribution in [1.82, 2.24) is 0 Å². The van der Waals surface area contributed by atoms with Gasteiger partial charge in [-0.15, -0.1) is 0 Å². The average molecular weight is 521 g/mol. The summed E-state index contributed by atoms with van der Waals surface area (Å²) in [5.41, 5.74) is 0. The molecule has 0 aromatic heterocycles. The third kappa shape index (κ3) is 2.94. The minimum atomic E-state index is -1.74. The first-order valence-electron chi connectivity index (χ1n) is 1.87. The van der Waals surface area contributed by atoms with E-state index in [4.69, 9.17) is 28.3 Å². The van der Waals surface area contributed by atoms with Gasteiger partial charge in [-0.2, -0.15) is 0 Å². The lowest BCUT2D eigenvalue weighted by Gasteiger charge is -2.23. The van der Waals surface area contributed by atoms with Crippen LogP contribution in [0.1, 0.15) is 0 Å². The molecule has 0 aromatic rings. The van der Waals surface area contributed by atoms with Crippen molar-refractivity contribution in [2.24, 2.45) is 0 Å². The van der Waals surface area contributed by atoms with Crippen LogP contribution >= 0.6 is 91.0 Å². The largest absolute Gasteiger partial charge is 0.479 e. The van der Waals surface area contributed by atoms with E-state index in [1.165, 1.54) is 0 Å². The third-order valence-electron chi connectivity index (χ3n) is 0.625.